The minimum Gasteiger partial charge on any atom is -0.497 e. The Hall–Kier alpha value is -2.53. The Bertz CT molecular complexity index is 975. The van der Waals surface area contributed by atoms with E-state index in [0.717, 1.165) is 59.6 Å². The first-order valence-electron chi connectivity index (χ1n) is 12.7. The van der Waals surface area contributed by atoms with E-state index in [1.54, 1.807) is 14.2 Å². The van der Waals surface area contributed by atoms with Crippen molar-refractivity contribution in [3.63, 3.8) is 0 Å². The maximum atomic E-state index is 13.4. The first-order valence-corrected chi connectivity index (χ1v) is 12.7. The Kier molecular flexibility index (Phi) is 10.2. The summed E-state index contributed by atoms with van der Waals surface area (Å²) in [4.78, 5) is 13.4. The van der Waals surface area contributed by atoms with Crippen LogP contribution in [-0.4, -0.2) is 31.8 Å². The number of nitrogens with one attached hydrogen (secondary N) is 1. The maximum absolute atomic E-state index is 13.4. The fourth-order valence-corrected chi connectivity index (χ4v) is 4.40. The first-order chi connectivity index (χ1) is 16.5. The van der Waals surface area contributed by atoms with Crippen LogP contribution >= 0.6 is 0 Å². The van der Waals surface area contributed by atoms with E-state index in [9.17, 15) is 9.90 Å². The Morgan fingerprint density at radius 3 is 2.29 bits per heavy atom. The highest BCUT2D eigenvalue weighted by atomic mass is 16.5. The number of hydrogen-bond acceptors (Lipinski definition) is 4. The number of anilines is 1. The number of methoxy groups -OCH3 is 2. The van der Waals surface area contributed by atoms with Gasteiger partial charge in [0.1, 0.15) is 11.5 Å². The van der Waals surface area contributed by atoms with Gasteiger partial charge in [0.05, 0.1) is 20.8 Å². The van der Waals surface area contributed by atoms with Gasteiger partial charge in [-0.1, -0.05) is 79.0 Å². The molecule has 5 heteroatoms. The van der Waals surface area contributed by atoms with Crippen molar-refractivity contribution in [2.75, 3.05) is 26.1 Å². The van der Waals surface area contributed by atoms with E-state index in [1.165, 1.54) is 0 Å². The van der Waals surface area contributed by atoms with E-state index in [0.29, 0.717) is 6.42 Å². The van der Waals surface area contributed by atoms with Crippen LogP contribution in [0.15, 0.2) is 36.4 Å². The van der Waals surface area contributed by atoms with Gasteiger partial charge in [-0.15, -0.1) is 0 Å². The molecule has 1 atom stereocenters. The minimum atomic E-state index is -0.394. The van der Waals surface area contributed by atoms with Crippen molar-refractivity contribution in [3.8, 4) is 11.5 Å². The molecule has 0 saturated heterocycles. The number of carbonyl (C=O) groups excluding carboxylic acids is 1. The molecule has 0 aliphatic rings. The highest BCUT2D eigenvalue weighted by Crippen LogP contribution is 2.37. The van der Waals surface area contributed by atoms with E-state index >= 15 is 0 Å². The molecule has 35 heavy (non-hydrogen) atoms. The zero-order valence-electron chi connectivity index (χ0n) is 23.0. The van der Waals surface area contributed by atoms with Gasteiger partial charge >= 0.3 is 0 Å². The quantitative estimate of drug-likeness (QED) is 0.320. The Balaban J connectivity index is 2.38. The van der Waals surface area contributed by atoms with Gasteiger partial charge in [0.2, 0.25) is 5.91 Å². The largest absolute Gasteiger partial charge is 0.497 e. The van der Waals surface area contributed by atoms with Crippen molar-refractivity contribution in [1.82, 2.24) is 0 Å². The fraction of sp³-hybridized carbons (Fsp3) is 0.567. The van der Waals surface area contributed by atoms with Crippen LogP contribution in [0.3, 0.4) is 0 Å². The second kappa shape index (κ2) is 12.4. The second-order valence-corrected chi connectivity index (χ2v) is 11.1. The van der Waals surface area contributed by atoms with Crippen LogP contribution < -0.4 is 14.8 Å². The first kappa shape index (κ1) is 28.7. The monoisotopic (exact) mass is 483 g/mol. The molecule has 0 heterocycles. The summed E-state index contributed by atoms with van der Waals surface area (Å²) in [6.07, 6.45) is 4.58. The summed E-state index contributed by atoms with van der Waals surface area (Å²) in [5, 5.41) is 13.1. The number of carbonyl (C=O) groups is 1. The molecule has 0 aliphatic carbocycles. The number of unbranched alkanes of at least 4 members (excludes halogenated alkanes) is 2. The molecular formula is C30H45NO4. The third-order valence-corrected chi connectivity index (χ3v) is 6.75. The number of rotatable bonds is 12. The van der Waals surface area contributed by atoms with E-state index in [2.05, 4.69) is 45.1 Å². The van der Waals surface area contributed by atoms with Crippen molar-refractivity contribution < 1.29 is 19.4 Å². The molecule has 2 rings (SSSR count). The van der Waals surface area contributed by atoms with Crippen molar-refractivity contribution in [2.24, 2.45) is 0 Å². The third-order valence-electron chi connectivity index (χ3n) is 6.75. The standard InChI is InChI=1S/C30H45NO4/c1-9-10-11-12-21(24-15-14-23(34-7)19-27(24)35-8)17-28(33)31-26-18-22(30(5,6)20-32)13-16-25(26)29(2,3)4/h13-16,18-19,21,32H,9-12,17,20H2,1-8H3,(H,31,33). The Labute approximate surface area is 212 Å². The smallest absolute Gasteiger partial charge is 0.224 e. The van der Waals surface area contributed by atoms with Crippen LogP contribution in [0, 0.1) is 0 Å². The third kappa shape index (κ3) is 7.73. The van der Waals surface area contributed by atoms with E-state index in [4.69, 9.17) is 9.47 Å². The Morgan fingerprint density at radius 1 is 1.00 bits per heavy atom. The molecule has 1 amide bonds. The SMILES string of the molecule is CCCCCC(CC(=O)Nc1cc(C(C)(C)CO)ccc1C(C)(C)C)c1ccc(OC)cc1OC. The van der Waals surface area contributed by atoms with Gasteiger partial charge in [-0.3, -0.25) is 4.79 Å². The maximum Gasteiger partial charge on any atom is 0.224 e. The van der Waals surface area contributed by atoms with Crippen molar-refractivity contribution in [3.05, 3.63) is 53.1 Å². The number of aliphatic hydroxyl groups excluding tert-OH is 1. The van der Waals surface area contributed by atoms with Crippen molar-refractivity contribution in [1.29, 1.82) is 0 Å². The summed E-state index contributed by atoms with van der Waals surface area (Å²) in [7, 11) is 3.30. The number of hydrogen-bond donors (Lipinski definition) is 2. The number of aliphatic hydroxyl groups is 1. The van der Waals surface area contributed by atoms with E-state index in [1.807, 2.05) is 38.1 Å². The average Bonchev–Trinajstić information content (AvgIpc) is 2.82. The fourth-order valence-electron chi connectivity index (χ4n) is 4.40. The molecule has 194 valence electrons. The van der Waals surface area contributed by atoms with Crippen LogP contribution in [0.5, 0.6) is 11.5 Å². The molecule has 5 nitrogen and oxygen atoms in total. The van der Waals surface area contributed by atoms with Gasteiger partial charge in [-0.2, -0.15) is 0 Å². The lowest BCUT2D eigenvalue weighted by Crippen LogP contribution is -2.25. The molecule has 0 bridgehead atoms. The van der Waals surface area contributed by atoms with Gasteiger partial charge in [0.15, 0.2) is 0 Å². The molecule has 0 saturated carbocycles. The lowest BCUT2D eigenvalue weighted by atomic mass is 9.80. The van der Waals surface area contributed by atoms with Gasteiger partial charge < -0.3 is 19.9 Å². The molecule has 2 aromatic rings. The predicted octanol–water partition coefficient (Wildman–Crippen LogP) is 6.96. The molecule has 2 N–H and O–H groups in total. The summed E-state index contributed by atoms with van der Waals surface area (Å²) >= 11 is 0. The summed E-state index contributed by atoms with van der Waals surface area (Å²) in [6.45, 7) is 12.7. The number of amides is 1. The van der Waals surface area contributed by atoms with Crippen molar-refractivity contribution in [2.45, 2.75) is 90.4 Å². The van der Waals surface area contributed by atoms with Gasteiger partial charge in [-0.05, 0) is 46.6 Å². The molecule has 1 unspecified atom stereocenters. The molecular weight excluding hydrogens is 438 g/mol. The highest BCUT2D eigenvalue weighted by molar-refractivity contribution is 5.92. The van der Waals surface area contributed by atoms with Gasteiger partial charge in [0, 0.05) is 23.6 Å². The minimum absolute atomic E-state index is 0.0196. The van der Waals surface area contributed by atoms with Crippen LogP contribution in [0.2, 0.25) is 0 Å². The molecule has 0 aromatic heterocycles. The molecule has 0 fully saturated rings. The molecule has 0 spiro atoms. The van der Waals surface area contributed by atoms with Crippen LogP contribution in [0.1, 0.15) is 96.3 Å². The average molecular weight is 484 g/mol. The number of ether oxygens (including phenoxy) is 2. The number of benzene rings is 2. The summed E-state index contributed by atoms with van der Waals surface area (Å²) in [5.74, 6) is 1.51. The lowest BCUT2D eigenvalue weighted by Gasteiger charge is -2.28. The second-order valence-electron chi connectivity index (χ2n) is 11.1. The van der Waals surface area contributed by atoms with Gasteiger partial charge in [0.25, 0.3) is 0 Å². The van der Waals surface area contributed by atoms with E-state index < -0.39 is 5.41 Å². The van der Waals surface area contributed by atoms with Crippen LogP contribution in [-0.2, 0) is 15.6 Å². The zero-order valence-corrected chi connectivity index (χ0v) is 23.0. The van der Waals surface area contributed by atoms with Crippen LogP contribution in [0.25, 0.3) is 0 Å². The lowest BCUT2D eigenvalue weighted by molar-refractivity contribution is -0.116. The molecule has 0 aliphatic heterocycles. The van der Waals surface area contributed by atoms with Crippen molar-refractivity contribution >= 4 is 11.6 Å². The summed E-state index contributed by atoms with van der Waals surface area (Å²) in [5.41, 5.74) is 3.40. The predicted molar refractivity (Wildman–Crippen MR) is 145 cm³/mol. The topological polar surface area (TPSA) is 67.8 Å². The summed E-state index contributed by atoms with van der Waals surface area (Å²) < 4.78 is 11.0. The van der Waals surface area contributed by atoms with Crippen LogP contribution in [0.4, 0.5) is 5.69 Å². The Morgan fingerprint density at radius 2 is 1.71 bits per heavy atom. The summed E-state index contributed by atoms with van der Waals surface area (Å²) in [6, 6.07) is 12.0. The zero-order chi connectivity index (χ0) is 26.2. The highest BCUT2D eigenvalue weighted by Gasteiger charge is 2.26. The molecule has 0 radical (unpaired) electrons. The molecule has 2 aromatic carbocycles. The normalized spacial score (nSPS) is 12.8. The van der Waals surface area contributed by atoms with Gasteiger partial charge in [-0.25, -0.2) is 0 Å². The van der Waals surface area contributed by atoms with E-state index in [-0.39, 0.29) is 23.8 Å².